The summed E-state index contributed by atoms with van der Waals surface area (Å²) in [6.45, 7) is 1.09. The molecule has 2 aromatic rings. The topological polar surface area (TPSA) is 106 Å². The van der Waals surface area contributed by atoms with Gasteiger partial charge in [-0.3, -0.25) is 9.36 Å². The van der Waals surface area contributed by atoms with Gasteiger partial charge in [0.2, 0.25) is 15.9 Å². The summed E-state index contributed by atoms with van der Waals surface area (Å²) in [5, 5.41) is 7.07. The lowest BCUT2D eigenvalue weighted by Gasteiger charge is -2.29. The van der Waals surface area contributed by atoms with E-state index in [4.69, 9.17) is 0 Å². The van der Waals surface area contributed by atoms with Crippen molar-refractivity contribution in [3.63, 3.8) is 0 Å². The first-order valence-electron chi connectivity index (χ1n) is 9.29. The Morgan fingerprint density at radius 1 is 1.24 bits per heavy atom. The van der Waals surface area contributed by atoms with Gasteiger partial charge in [0.05, 0.1) is 12.8 Å². The molecule has 0 bridgehead atoms. The maximum atomic E-state index is 13.1. The first-order chi connectivity index (χ1) is 13.7. The van der Waals surface area contributed by atoms with Gasteiger partial charge < -0.3 is 5.32 Å². The molecule has 11 heteroatoms. The first kappa shape index (κ1) is 21.2. The van der Waals surface area contributed by atoms with Crippen LogP contribution in [0.2, 0.25) is 0 Å². The molecule has 0 radical (unpaired) electrons. The average Bonchev–Trinajstić information content (AvgIpc) is 2.96. The van der Waals surface area contributed by atoms with E-state index in [9.17, 15) is 22.4 Å². The standard InChI is InChI=1S/C18H24FN5O4S/c1-22-16(13-3-5-15(19)6-4-13)21-24(18(22)26)12-9-20-17(25)14-7-10-23(11-8-14)29(2,27)28/h3-6,14H,7-12H2,1-2H3,(H,20,25). The van der Waals surface area contributed by atoms with Gasteiger partial charge in [0, 0.05) is 38.2 Å². The number of amides is 1. The number of carbonyl (C=O) groups excluding carboxylic acids is 1. The summed E-state index contributed by atoms with van der Waals surface area (Å²) in [7, 11) is -1.65. The molecule has 158 valence electrons. The molecule has 2 heterocycles. The molecule has 3 rings (SSSR count). The van der Waals surface area contributed by atoms with E-state index in [0.29, 0.717) is 37.3 Å². The van der Waals surface area contributed by atoms with Crippen molar-refractivity contribution in [2.24, 2.45) is 13.0 Å². The van der Waals surface area contributed by atoms with Crippen LogP contribution in [0.5, 0.6) is 0 Å². The van der Waals surface area contributed by atoms with E-state index in [1.54, 1.807) is 19.2 Å². The lowest BCUT2D eigenvalue weighted by molar-refractivity contribution is -0.126. The molecule has 1 amide bonds. The summed E-state index contributed by atoms with van der Waals surface area (Å²) in [4.78, 5) is 24.7. The van der Waals surface area contributed by atoms with E-state index in [1.165, 1.54) is 25.7 Å². The van der Waals surface area contributed by atoms with Gasteiger partial charge in [0.25, 0.3) is 0 Å². The Balaban J connectivity index is 1.56. The molecule has 1 N–H and O–H groups in total. The molecule has 1 aliphatic rings. The number of carbonyl (C=O) groups is 1. The molecule has 1 fully saturated rings. The van der Waals surface area contributed by atoms with Crippen molar-refractivity contribution in [3.05, 3.63) is 40.6 Å². The number of nitrogens with one attached hydrogen (secondary N) is 1. The van der Waals surface area contributed by atoms with Gasteiger partial charge >= 0.3 is 5.69 Å². The van der Waals surface area contributed by atoms with Gasteiger partial charge in [-0.25, -0.2) is 26.6 Å². The number of rotatable bonds is 6. The highest BCUT2D eigenvalue weighted by atomic mass is 32.2. The molecule has 1 aliphatic heterocycles. The fourth-order valence-electron chi connectivity index (χ4n) is 3.36. The molecular weight excluding hydrogens is 401 g/mol. The average molecular weight is 425 g/mol. The maximum Gasteiger partial charge on any atom is 0.345 e. The van der Waals surface area contributed by atoms with Crippen molar-refractivity contribution < 1.29 is 17.6 Å². The number of hydrogen-bond acceptors (Lipinski definition) is 5. The number of benzene rings is 1. The minimum absolute atomic E-state index is 0.152. The largest absolute Gasteiger partial charge is 0.354 e. The number of halogens is 1. The second-order valence-electron chi connectivity index (χ2n) is 7.12. The molecular formula is C18H24FN5O4S. The van der Waals surface area contributed by atoms with Crippen LogP contribution in [0.1, 0.15) is 12.8 Å². The van der Waals surface area contributed by atoms with Gasteiger partial charge in [0.1, 0.15) is 5.82 Å². The van der Waals surface area contributed by atoms with Crippen LogP contribution in [0.4, 0.5) is 4.39 Å². The highest BCUT2D eigenvalue weighted by Gasteiger charge is 2.28. The maximum absolute atomic E-state index is 13.1. The van der Waals surface area contributed by atoms with Crippen LogP contribution >= 0.6 is 0 Å². The van der Waals surface area contributed by atoms with E-state index < -0.39 is 10.0 Å². The van der Waals surface area contributed by atoms with Gasteiger partial charge in [-0.2, -0.15) is 0 Å². The number of piperidine rings is 1. The van der Waals surface area contributed by atoms with Gasteiger partial charge in [0.15, 0.2) is 5.82 Å². The molecule has 0 saturated carbocycles. The second-order valence-corrected chi connectivity index (χ2v) is 9.11. The molecule has 29 heavy (non-hydrogen) atoms. The van der Waals surface area contributed by atoms with Gasteiger partial charge in [-0.15, -0.1) is 5.10 Å². The fraction of sp³-hybridized carbons (Fsp3) is 0.500. The summed E-state index contributed by atoms with van der Waals surface area (Å²) in [6, 6.07) is 5.69. The number of aromatic nitrogens is 3. The molecule has 1 saturated heterocycles. The Bertz CT molecular complexity index is 1040. The SMILES string of the molecule is Cn1c(-c2ccc(F)cc2)nn(CCNC(=O)C2CCN(S(C)(=O)=O)CC2)c1=O. The fourth-order valence-corrected chi connectivity index (χ4v) is 4.24. The Labute approximate surface area is 168 Å². The van der Waals surface area contributed by atoms with Crippen LogP contribution in [0.3, 0.4) is 0 Å². The third kappa shape index (κ3) is 4.91. The van der Waals surface area contributed by atoms with Crippen LogP contribution in [-0.2, 0) is 28.4 Å². The zero-order chi connectivity index (χ0) is 21.2. The molecule has 0 atom stereocenters. The second kappa shape index (κ2) is 8.46. The molecule has 0 spiro atoms. The summed E-state index contributed by atoms with van der Waals surface area (Å²) in [5.41, 5.74) is 0.284. The van der Waals surface area contributed by atoms with Crippen LogP contribution in [0.15, 0.2) is 29.1 Å². The quantitative estimate of drug-likeness (QED) is 0.711. The molecule has 0 aliphatic carbocycles. The predicted molar refractivity (Wildman–Crippen MR) is 105 cm³/mol. The molecule has 1 aromatic heterocycles. The minimum atomic E-state index is -3.23. The van der Waals surface area contributed by atoms with E-state index in [-0.39, 0.29) is 36.4 Å². The minimum Gasteiger partial charge on any atom is -0.354 e. The van der Waals surface area contributed by atoms with E-state index in [2.05, 4.69) is 10.4 Å². The lowest BCUT2D eigenvalue weighted by atomic mass is 9.97. The third-order valence-corrected chi connectivity index (χ3v) is 6.36. The van der Waals surface area contributed by atoms with Crippen LogP contribution in [0, 0.1) is 11.7 Å². The van der Waals surface area contributed by atoms with Crippen molar-refractivity contribution in [3.8, 4) is 11.4 Å². The highest BCUT2D eigenvalue weighted by molar-refractivity contribution is 7.88. The van der Waals surface area contributed by atoms with Crippen LogP contribution in [0.25, 0.3) is 11.4 Å². The normalized spacial score (nSPS) is 16.1. The van der Waals surface area contributed by atoms with E-state index >= 15 is 0 Å². The molecule has 1 aromatic carbocycles. The summed E-state index contributed by atoms with van der Waals surface area (Å²) in [6.07, 6.45) is 2.10. The van der Waals surface area contributed by atoms with Crippen molar-refractivity contribution >= 4 is 15.9 Å². The highest BCUT2D eigenvalue weighted by Crippen LogP contribution is 2.19. The Morgan fingerprint density at radius 3 is 2.45 bits per heavy atom. The molecule has 9 nitrogen and oxygen atoms in total. The Hall–Kier alpha value is -2.53. The summed E-state index contributed by atoms with van der Waals surface area (Å²) >= 11 is 0. The zero-order valence-corrected chi connectivity index (χ0v) is 17.2. The van der Waals surface area contributed by atoms with Crippen LogP contribution in [-0.4, -0.2) is 58.9 Å². The number of sulfonamides is 1. The lowest BCUT2D eigenvalue weighted by Crippen LogP contribution is -2.43. The Kier molecular flexibility index (Phi) is 6.18. The van der Waals surface area contributed by atoms with Crippen LogP contribution < -0.4 is 11.0 Å². The van der Waals surface area contributed by atoms with Gasteiger partial charge in [-0.05, 0) is 37.1 Å². The van der Waals surface area contributed by atoms with E-state index in [1.807, 2.05) is 0 Å². The smallest absolute Gasteiger partial charge is 0.345 e. The number of nitrogens with zero attached hydrogens (tertiary/aromatic N) is 4. The predicted octanol–water partition coefficient (Wildman–Crippen LogP) is 0.176. The van der Waals surface area contributed by atoms with Crippen molar-refractivity contribution in [1.29, 1.82) is 0 Å². The van der Waals surface area contributed by atoms with Crippen molar-refractivity contribution in [2.45, 2.75) is 19.4 Å². The zero-order valence-electron chi connectivity index (χ0n) is 16.3. The van der Waals surface area contributed by atoms with Crippen molar-refractivity contribution in [2.75, 3.05) is 25.9 Å². The van der Waals surface area contributed by atoms with E-state index in [0.717, 1.165) is 6.26 Å². The summed E-state index contributed by atoms with van der Waals surface area (Å²) < 4.78 is 40.2. The monoisotopic (exact) mass is 425 g/mol. The number of hydrogen-bond donors (Lipinski definition) is 1. The summed E-state index contributed by atoms with van der Waals surface area (Å²) in [5.74, 6) is -0.359. The van der Waals surface area contributed by atoms with Crippen molar-refractivity contribution in [1.82, 2.24) is 24.0 Å². The molecule has 0 unspecified atom stereocenters. The Morgan fingerprint density at radius 2 is 1.86 bits per heavy atom. The van der Waals surface area contributed by atoms with Gasteiger partial charge in [-0.1, -0.05) is 0 Å². The first-order valence-corrected chi connectivity index (χ1v) is 11.1. The third-order valence-electron chi connectivity index (χ3n) is 5.06.